The van der Waals surface area contributed by atoms with Crippen molar-refractivity contribution in [1.29, 1.82) is 0 Å². The second-order valence-electron chi connectivity index (χ2n) is 4.56. The van der Waals surface area contributed by atoms with Gasteiger partial charge in [0.15, 0.2) is 11.6 Å². The molecule has 0 aliphatic heterocycles. The Bertz CT molecular complexity index is 909. The van der Waals surface area contributed by atoms with Crippen LogP contribution in [0, 0.1) is 17.5 Å². The quantitative estimate of drug-likeness (QED) is 0.747. The van der Waals surface area contributed by atoms with E-state index in [-0.39, 0.29) is 17.3 Å². The largest absolute Gasteiger partial charge is 0.478 e. The first-order valence-corrected chi connectivity index (χ1v) is 6.28. The Kier molecular flexibility index (Phi) is 3.57. The molecule has 1 aromatic heterocycles. The molecule has 5 nitrogen and oxygen atoms in total. The Morgan fingerprint density at radius 3 is 2.52 bits per heavy atom. The standard InChI is InChI=1S/C15H7F3N2O3/c16-10-6-12(18)11(17)5-9(10)14-19-13(20-23-14)7-2-1-3-8(4-7)15(21)22/h1-6H,(H,21,22). The molecule has 0 spiro atoms. The summed E-state index contributed by atoms with van der Waals surface area (Å²) < 4.78 is 44.7. The highest BCUT2D eigenvalue weighted by Crippen LogP contribution is 2.26. The van der Waals surface area contributed by atoms with Gasteiger partial charge in [0.25, 0.3) is 5.89 Å². The van der Waals surface area contributed by atoms with Crippen LogP contribution in [0.5, 0.6) is 0 Å². The summed E-state index contributed by atoms with van der Waals surface area (Å²) in [4.78, 5) is 14.8. The van der Waals surface area contributed by atoms with Gasteiger partial charge in [-0.2, -0.15) is 4.98 Å². The lowest BCUT2D eigenvalue weighted by Gasteiger charge is -1.99. The Labute approximate surface area is 127 Å². The Balaban J connectivity index is 2.03. The lowest BCUT2D eigenvalue weighted by molar-refractivity contribution is 0.0697. The number of nitrogens with zero attached hydrogens (tertiary/aromatic N) is 2. The van der Waals surface area contributed by atoms with Crippen molar-refractivity contribution in [3.63, 3.8) is 0 Å². The van der Waals surface area contributed by atoms with E-state index in [2.05, 4.69) is 10.1 Å². The molecule has 0 amide bonds. The number of hydrogen-bond donors (Lipinski definition) is 1. The molecule has 0 aliphatic rings. The highest BCUT2D eigenvalue weighted by molar-refractivity contribution is 5.89. The molecule has 0 saturated carbocycles. The highest BCUT2D eigenvalue weighted by atomic mass is 19.2. The van der Waals surface area contributed by atoms with Crippen LogP contribution in [-0.2, 0) is 0 Å². The maximum atomic E-state index is 13.7. The fourth-order valence-corrected chi connectivity index (χ4v) is 1.93. The Hall–Kier alpha value is -3.16. The summed E-state index contributed by atoms with van der Waals surface area (Å²) in [5.41, 5.74) is -0.0622. The van der Waals surface area contributed by atoms with E-state index in [0.29, 0.717) is 17.7 Å². The fraction of sp³-hybridized carbons (Fsp3) is 0. The third-order valence-electron chi connectivity index (χ3n) is 3.03. The molecule has 23 heavy (non-hydrogen) atoms. The normalized spacial score (nSPS) is 10.7. The van der Waals surface area contributed by atoms with E-state index in [1.54, 1.807) is 0 Å². The summed E-state index contributed by atoms with van der Waals surface area (Å²) in [5, 5.41) is 12.5. The van der Waals surface area contributed by atoms with Gasteiger partial charge in [0, 0.05) is 11.6 Å². The van der Waals surface area contributed by atoms with Gasteiger partial charge in [0.05, 0.1) is 11.1 Å². The van der Waals surface area contributed by atoms with Crippen molar-refractivity contribution in [1.82, 2.24) is 10.1 Å². The summed E-state index contributed by atoms with van der Waals surface area (Å²) in [7, 11) is 0. The maximum Gasteiger partial charge on any atom is 0.335 e. The second kappa shape index (κ2) is 5.56. The summed E-state index contributed by atoms with van der Waals surface area (Å²) in [6.45, 7) is 0. The molecule has 2 aromatic carbocycles. The number of aromatic carboxylic acids is 1. The number of benzene rings is 2. The number of rotatable bonds is 3. The monoisotopic (exact) mass is 320 g/mol. The fourth-order valence-electron chi connectivity index (χ4n) is 1.93. The molecule has 116 valence electrons. The summed E-state index contributed by atoms with van der Waals surface area (Å²) >= 11 is 0. The third-order valence-corrected chi connectivity index (χ3v) is 3.03. The molecule has 1 N–H and O–H groups in total. The van der Waals surface area contributed by atoms with Gasteiger partial charge in [0.1, 0.15) is 5.82 Å². The predicted molar refractivity (Wildman–Crippen MR) is 72.0 cm³/mol. The predicted octanol–water partition coefficient (Wildman–Crippen LogP) is 3.52. The first-order chi connectivity index (χ1) is 11.0. The molecule has 1 heterocycles. The van der Waals surface area contributed by atoms with E-state index >= 15 is 0 Å². The van der Waals surface area contributed by atoms with Crippen molar-refractivity contribution in [2.75, 3.05) is 0 Å². The highest BCUT2D eigenvalue weighted by Gasteiger charge is 2.18. The van der Waals surface area contributed by atoms with Crippen molar-refractivity contribution in [2.45, 2.75) is 0 Å². The number of carboxylic acids is 1. The molecule has 0 atom stereocenters. The van der Waals surface area contributed by atoms with E-state index < -0.39 is 29.0 Å². The molecule has 0 fully saturated rings. The van der Waals surface area contributed by atoms with Crippen LogP contribution in [0.4, 0.5) is 13.2 Å². The van der Waals surface area contributed by atoms with Crippen LogP contribution in [0.2, 0.25) is 0 Å². The molecule has 0 radical (unpaired) electrons. The smallest absolute Gasteiger partial charge is 0.335 e. The molecule has 0 unspecified atom stereocenters. The van der Waals surface area contributed by atoms with Gasteiger partial charge in [-0.3, -0.25) is 0 Å². The van der Waals surface area contributed by atoms with Crippen molar-refractivity contribution >= 4 is 5.97 Å². The van der Waals surface area contributed by atoms with Gasteiger partial charge in [0.2, 0.25) is 5.82 Å². The van der Waals surface area contributed by atoms with Crippen molar-refractivity contribution in [3.8, 4) is 22.8 Å². The van der Waals surface area contributed by atoms with Crippen LogP contribution in [0.15, 0.2) is 40.9 Å². The summed E-state index contributed by atoms with van der Waals surface area (Å²) in [6, 6.07) is 6.67. The molecule has 0 aliphatic carbocycles. The van der Waals surface area contributed by atoms with Gasteiger partial charge in [-0.15, -0.1) is 0 Å². The second-order valence-corrected chi connectivity index (χ2v) is 4.56. The van der Waals surface area contributed by atoms with Crippen LogP contribution in [0.1, 0.15) is 10.4 Å². The zero-order valence-electron chi connectivity index (χ0n) is 11.3. The maximum absolute atomic E-state index is 13.7. The first-order valence-electron chi connectivity index (χ1n) is 6.28. The van der Waals surface area contributed by atoms with Crippen LogP contribution >= 0.6 is 0 Å². The topological polar surface area (TPSA) is 76.2 Å². The minimum atomic E-state index is -1.33. The lowest BCUT2D eigenvalue weighted by Crippen LogP contribution is -1.96. The lowest BCUT2D eigenvalue weighted by atomic mass is 10.1. The molecule has 3 rings (SSSR count). The van der Waals surface area contributed by atoms with Gasteiger partial charge in [-0.1, -0.05) is 17.3 Å². The number of carbonyl (C=O) groups is 1. The van der Waals surface area contributed by atoms with E-state index in [1.807, 2.05) is 0 Å². The van der Waals surface area contributed by atoms with Crippen LogP contribution < -0.4 is 0 Å². The summed E-state index contributed by atoms with van der Waals surface area (Å²) in [5.74, 6) is -5.14. The zero-order chi connectivity index (χ0) is 16.6. The minimum Gasteiger partial charge on any atom is -0.478 e. The van der Waals surface area contributed by atoms with Crippen LogP contribution in [-0.4, -0.2) is 21.2 Å². The number of halogens is 3. The molecular weight excluding hydrogens is 313 g/mol. The zero-order valence-corrected chi connectivity index (χ0v) is 11.3. The summed E-state index contributed by atoms with van der Waals surface area (Å²) in [6.07, 6.45) is 0. The molecular formula is C15H7F3N2O3. The third kappa shape index (κ3) is 2.78. The van der Waals surface area contributed by atoms with Crippen molar-refractivity contribution in [2.24, 2.45) is 0 Å². The first kappa shape index (κ1) is 14.8. The van der Waals surface area contributed by atoms with Gasteiger partial charge >= 0.3 is 5.97 Å². The van der Waals surface area contributed by atoms with Gasteiger partial charge in [-0.05, 0) is 18.2 Å². The van der Waals surface area contributed by atoms with E-state index in [4.69, 9.17) is 9.63 Å². The number of carboxylic acid groups (broad SMARTS) is 1. The number of aromatic nitrogens is 2. The van der Waals surface area contributed by atoms with E-state index in [1.165, 1.54) is 24.3 Å². The Morgan fingerprint density at radius 2 is 1.78 bits per heavy atom. The Morgan fingerprint density at radius 1 is 1.04 bits per heavy atom. The van der Waals surface area contributed by atoms with E-state index in [0.717, 1.165) is 0 Å². The molecule has 0 saturated heterocycles. The molecule has 0 bridgehead atoms. The number of hydrogen-bond acceptors (Lipinski definition) is 4. The van der Waals surface area contributed by atoms with Crippen molar-refractivity contribution in [3.05, 3.63) is 59.4 Å². The van der Waals surface area contributed by atoms with Gasteiger partial charge in [-0.25, -0.2) is 18.0 Å². The van der Waals surface area contributed by atoms with Crippen molar-refractivity contribution < 1.29 is 27.6 Å². The van der Waals surface area contributed by atoms with Gasteiger partial charge < -0.3 is 9.63 Å². The van der Waals surface area contributed by atoms with Crippen LogP contribution in [0.25, 0.3) is 22.8 Å². The minimum absolute atomic E-state index is 0.00719. The average Bonchev–Trinajstić information content (AvgIpc) is 3.00. The van der Waals surface area contributed by atoms with E-state index in [9.17, 15) is 18.0 Å². The SMILES string of the molecule is O=C(O)c1cccc(-c2noc(-c3cc(F)c(F)cc3F)n2)c1. The molecule has 3 aromatic rings. The molecule has 8 heteroatoms. The van der Waals surface area contributed by atoms with Crippen LogP contribution in [0.3, 0.4) is 0 Å². The average molecular weight is 320 g/mol.